The molecule has 1 heteroatoms. The Balaban J connectivity index is 1.77. The maximum absolute atomic E-state index is 6.58. The molecule has 26 heavy (non-hydrogen) atoms. The minimum atomic E-state index is -0.0407. The monoisotopic (exact) mass is 352 g/mol. The van der Waals surface area contributed by atoms with Gasteiger partial charge in [0.15, 0.2) is 0 Å². The number of hydrogen-bond acceptors (Lipinski definition) is 1. The Bertz CT molecular complexity index is 605. The van der Waals surface area contributed by atoms with Gasteiger partial charge < -0.3 is 4.74 Å². The molecule has 1 nitrogen and oxygen atoms in total. The van der Waals surface area contributed by atoms with E-state index in [1.165, 1.54) is 24.0 Å². The molecular weight excluding hydrogens is 316 g/mol. The van der Waals surface area contributed by atoms with Crippen LogP contribution in [0.4, 0.5) is 0 Å². The molecule has 0 radical (unpaired) electrons. The molecule has 2 atom stereocenters. The van der Waals surface area contributed by atoms with Crippen LogP contribution in [0.25, 0.3) is 0 Å². The van der Waals surface area contributed by atoms with Crippen LogP contribution in [0.3, 0.4) is 0 Å². The first-order valence-electron chi connectivity index (χ1n) is 10.3. The highest BCUT2D eigenvalue weighted by Gasteiger charge is 2.30. The Morgan fingerprint density at radius 1 is 0.769 bits per heavy atom. The van der Waals surface area contributed by atoms with E-state index in [4.69, 9.17) is 4.74 Å². The first-order valence-corrected chi connectivity index (χ1v) is 10.3. The predicted molar refractivity (Wildman–Crippen MR) is 113 cm³/mol. The van der Waals surface area contributed by atoms with Gasteiger partial charge in [0.1, 0.15) is 0 Å². The molecule has 0 aromatic heterocycles. The van der Waals surface area contributed by atoms with Gasteiger partial charge in [0.05, 0.1) is 11.7 Å². The van der Waals surface area contributed by atoms with Crippen molar-refractivity contribution in [3.8, 4) is 0 Å². The number of rotatable bonds is 11. The van der Waals surface area contributed by atoms with Crippen molar-refractivity contribution in [3.05, 3.63) is 71.8 Å². The van der Waals surface area contributed by atoms with Gasteiger partial charge in [-0.15, -0.1) is 0 Å². The molecule has 142 valence electrons. The molecule has 0 N–H and O–H groups in total. The summed E-state index contributed by atoms with van der Waals surface area (Å²) in [7, 11) is 0. The third-order valence-electron chi connectivity index (χ3n) is 5.59. The van der Waals surface area contributed by atoms with E-state index in [0.717, 1.165) is 25.7 Å². The zero-order chi connectivity index (χ0) is 18.8. The van der Waals surface area contributed by atoms with Gasteiger partial charge in [-0.1, -0.05) is 74.5 Å². The maximum Gasteiger partial charge on any atom is 0.0681 e. The highest BCUT2D eigenvalue weighted by molar-refractivity contribution is 5.15. The Kier molecular flexibility index (Phi) is 8.38. The van der Waals surface area contributed by atoms with Crippen LogP contribution in [0.1, 0.15) is 64.5 Å². The number of aryl methyl sites for hydroxylation is 2. The van der Waals surface area contributed by atoms with Gasteiger partial charge in [-0.05, 0) is 69.4 Å². The van der Waals surface area contributed by atoms with Gasteiger partial charge in [0, 0.05) is 0 Å². The summed E-state index contributed by atoms with van der Waals surface area (Å²) in [4.78, 5) is 0. The third kappa shape index (κ3) is 6.96. The molecule has 0 spiro atoms. The summed E-state index contributed by atoms with van der Waals surface area (Å²) in [6.45, 7) is 9.12. The van der Waals surface area contributed by atoms with E-state index < -0.39 is 0 Å². The van der Waals surface area contributed by atoms with Crippen molar-refractivity contribution < 1.29 is 4.74 Å². The molecular formula is C25H36O. The summed E-state index contributed by atoms with van der Waals surface area (Å²) in [6.07, 6.45) is 7.18. The van der Waals surface area contributed by atoms with Gasteiger partial charge in [0.2, 0.25) is 0 Å². The molecule has 0 fully saturated rings. The molecule has 2 aromatic rings. The van der Waals surface area contributed by atoms with E-state index in [9.17, 15) is 0 Å². The van der Waals surface area contributed by atoms with Crippen molar-refractivity contribution in [1.82, 2.24) is 0 Å². The minimum Gasteiger partial charge on any atom is -0.372 e. The zero-order valence-corrected chi connectivity index (χ0v) is 17.1. The Labute approximate surface area is 160 Å². The summed E-state index contributed by atoms with van der Waals surface area (Å²) in [5, 5.41) is 0. The summed E-state index contributed by atoms with van der Waals surface area (Å²) in [5.41, 5.74) is 2.81. The lowest BCUT2D eigenvalue weighted by atomic mass is 9.86. The topological polar surface area (TPSA) is 9.23 Å². The van der Waals surface area contributed by atoms with Crippen molar-refractivity contribution in [3.63, 3.8) is 0 Å². The van der Waals surface area contributed by atoms with E-state index in [0.29, 0.717) is 12.0 Å². The van der Waals surface area contributed by atoms with Crippen LogP contribution >= 0.6 is 0 Å². The largest absolute Gasteiger partial charge is 0.372 e. The lowest BCUT2D eigenvalue weighted by Gasteiger charge is -2.37. The van der Waals surface area contributed by atoms with E-state index in [1.807, 2.05) is 0 Å². The highest BCUT2D eigenvalue weighted by Crippen LogP contribution is 2.30. The summed E-state index contributed by atoms with van der Waals surface area (Å²) in [6, 6.07) is 21.5. The fourth-order valence-electron chi connectivity index (χ4n) is 3.53. The number of benzene rings is 2. The predicted octanol–water partition coefficient (Wildman–Crippen LogP) is 6.85. The molecule has 0 aliphatic heterocycles. The fourth-order valence-corrected chi connectivity index (χ4v) is 3.53. The van der Waals surface area contributed by atoms with Crippen LogP contribution in [0.15, 0.2) is 60.7 Å². The van der Waals surface area contributed by atoms with Crippen LogP contribution in [-0.4, -0.2) is 11.7 Å². The van der Waals surface area contributed by atoms with E-state index in [-0.39, 0.29) is 5.60 Å². The molecule has 0 heterocycles. The molecule has 0 saturated carbocycles. The molecule has 0 saturated heterocycles. The SMILES string of the molecule is CC(CCCc1ccccc1)OC(C)(CCCc1ccccc1)C(C)C. The maximum atomic E-state index is 6.58. The number of hydrogen-bond donors (Lipinski definition) is 0. The Morgan fingerprint density at radius 3 is 1.77 bits per heavy atom. The molecule has 2 rings (SSSR count). The summed E-state index contributed by atoms with van der Waals surface area (Å²) in [5.74, 6) is 0.523. The van der Waals surface area contributed by atoms with Crippen molar-refractivity contribution in [1.29, 1.82) is 0 Å². The first kappa shape index (κ1) is 20.7. The fraction of sp³-hybridized carbons (Fsp3) is 0.520. The zero-order valence-electron chi connectivity index (χ0n) is 17.1. The molecule has 0 bridgehead atoms. The molecule has 2 unspecified atom stereocenters. The lowest BCUT2D eigenvalue weighted by Crippen LogP contribution is -2.38. The molecule has 0 aliphatic carbocycles. The Hall–Kier alpha value is -1.60. The minimum absolute atomic E-state index is 0.0407. The van der Waals surface area contributed by atoms with Crippen molar-refractivity contribution >= 4 is 0 Å². The van der Waals surface area contributed by atoms with Gasteiger partial charge in [-0.3, -0.25) is 0 Å². The normalized spacial score (nSPS) is 15.0. The van der Waals surface area contributed by atoms with Gasteiger partial charge in [0.25, 0.3) is 0 Å². The van der Waals surface area contributed by atoms with Crippen LogP contribution in [0.2, 0.25) is 0 Å². The number of ether oxygens (including phenoxy) is 1. The van der Waals surface area contributed by atoms with Crippen molar-refractivity contribution in [2.24, 2.45) is 5.92 Å². The second-order valence-electron chi connectivity index (χ2n) is 8.11. The van der Waals surface area contributed by atoms with E-state index >= 15 is 0 Å². The van der Waals surface area contributed by atoms with Crippen molar-refractivity contribution in [2.45, 2.75) is 77.9 Å². The first-order chi connectivity index (χ1) is 12.5. The molecule has 0 amide bonds. The van der Waals surface area contributed by atoms with Crippen LogP contribution in [0, 0.1) is 5.92 Å². The van der Waals surface area contributed by atoms with Gasteiger partial charge in [-0.25, -0.2) is 0 Å². The van der Waals surface area contributed by atoms with E-state index in [2.05, 4.69) is 88.4 Å². The van der Waals surface area contributed by atoms with Crippen molar-refractivity contribution in [2.75, 3.05) is 0 Å². The smallest absolute Gasteiger partial charge is 0.0681 e. The second kappa shape index (κ2) is 10.5. The Morgan fingerprint density at radius 2 is 1.27 bits per heavy atom. The second-order valence-corrected chi connectivity index (χ2v) is 8.11. The molecule has 0 aliphatic rings. The van der Waals surface area contributed by atoms with E-state index in [1.54, 1.807) is 0 Å². The summed E-state index contributed by atoms with van der Waals surface area (Å²) >= 11 is 0. The molecule has 2 aromatic carbocycles. The average molecular weight is 353 g/mol. The van der Waals surface area contributed by atoms with Crippen LogP contribution < -0.4 is 0 Å². The van der Waals surface area contributed by atoms with Crippen LogP contribution in [-0.2, 0) is 17.6 Å². The standard InChI is InChI=1S/C25H36O/c1-21(2)25(4,20-12-19-24-16-9-6-10-17-24)26-22(3)13-11-18-23-14-7-5-8-15-23/h5-10,14-17,21-22H,11-13,18-20H2,1-4H3. The average Bonchev–Trinajstić information content (AvgIpc) is 2.63. The summed E-state index contributed by atoms with van der Waals surface area (Å²) < 4.78 is 6.58. The van der Waals surface area contributed by atoms with Gasteiger partial charge in [-0.2, -0.15) is 0 Å². The lowest BCUT2D eigenvalue weighted by molar-refractivity contribution is -0.111. The van der Waals surface area contributed by atoms with Crippen LogP contribution in [0.5, 0.6) is 0 Å². The quantitative estimate of drug-likeness (QED) is 0.429. The third-order valence-corrected chi connectivity index (χ3v) is 5.59. The van der Waals surface area contributed by atoms with Gasteiger partial charge >= 0.3 is 0 Å². The highest BCUT2D eigenvalue weighted by atomic mass is 16.5.